The largest absolute Gasteiger partial charge is 0.497 e. The summed E-state index contributed by atoms with van der Waals surface area (Å²) >= 11 is 0. The molecule has 0 fully saturated rings. The normalized spacial score (nSPS) is 14.9. The van der Waals surface area contributed by atoms with Crippen LogP contribution in [0.1, 0.15) is 45.1 Å². The highest BCUT2D eigenvalue weighted by molar-refractivity contribution is 6.04. The third-order valence-corrected chi connectivity index (χ3v) is 6.71. The number of nitrogens with zero attached hydrogens (tertiary/aromatic N) is 3. The lowest BCUT2D eigenvalue weighted by Crippen LogP contribution is -2.42. The number of benzene rings is 3. The minimum atomic E-state index is -0.248. The van der Waals surface area contributed by atoms with E-state index in [2.05, 4.69) is 32.0 Å². The molecule has 2 amide bonds. The number of hydrazone groups is 1. The number of amides is 2. The molecule has 0 aliphatic carbocycles. The maximum atomic E-state index is 13.7. The van der Waals surface area contributed by atoms with Crippen LogP contribution in [0.3, 0.4) is 0 Å². The van der Waals surface area contributed by atoms with Crippen molar-refractivity contribution in [2.24, 2.45) is 5.10 Å². The zero-order chi connectivity index (χ0) is 26.4. The average molecular weight is 500 g/mol. The van der Waals surface area contributed by atoms with Gasteiger partial charge in [-0.15, -0.1) is 0 Å². The maximum Gasteiger partial charge on any atom is 0.262 e. The maximum absolute atomic E-state index is 13.7. The molecular weight excluding hydrogens is 466 g/mol. The lowest BCUT2D eigenvalue weighted by atomic mass is 9.96. The molecule has 1 atom stereocenters. The van der Waals surface area contributed by atoms with Crippen molar-refractivity contribution in [2.45, 2.75) is 26.3 Å². The van der Waals surface area contributed by atoms with Gasteiger partial charge in [0, 0.05) is 25.6 Å². The first-order valence-electron chi connectivity index (χ1n) is 12.4. The zero-order valence-electron chi connectivity index (χ0n) is 21.8. The van der Waals surface area contributed by atoms with Crippen LogP contribution in [0.5, 0.6) is 5.75 Å². The van der Waals surface area contributed by atoms with Crippen LogP contribution in [0.15, 0.2) is 77.9 Å². The van der Waals surface area contributed by atoms with Gasteiger partial charge in [0.25, 0.3) is 11.8 Å². The monoisotopic (exact) mass is 499 g/mol. The van der Waals surface area contributed by atoms with Crippen LogP contribution in [-0.4, -0.2) is 61.4 Å². The van der Waals surface area contributed by atoms with Crippen molar-refractivity contribution < 1.29 is 19.1 Å². The fraction of sp³-hybridized carbons (Fsp3) is 0.300. The van der Waals surface area contributed by atoms with Crippen LogP contribution in [0.2, 0.25) is 0 Å². The number of carbonyl (C=O) groups is 2. The lowest BCUT2D eigenvalue weighted by Gasteiger charge is -2.27. The van der Waals surface area contributed by atoms with Crippen molar-refractivity contribution in [1.82, 2.24) is 9.91 Å². The molecule has 0 aromatic heterocycles. The lowest BCUT2D eigenvalue weighted by molar-refractivity contribution is -0.133. The van der Waals surface area contributed by atoms with Crippen molar-refractivity contribution >= 4 is 17.5 Å². The van der Waals surface area contributed by atoms with E-state index in [-0.39, 0.29) is 30.9 Å². The van der Waals surface area contributed by atoms with E-state index in [1.807, 2.05) is 30.3 Å². The van der Waals surface area contributed by atoms with Crippen LogP contribution in [0.4, 0.5) is 0 Å². The van der Waals surface area contributed by atoms with Crippen LogP contribution in [0.25, 0.3) is 0 Å². The van der Waals surface area contributed by atoms with Gasteiger partial charge in [0.15, 0.2) is 0 Å². The van der Waals surface area contributed by atoms with E-state index in [1.165, 1.54) is 16.0 Å². The minimum absolute atomic E-state index is 0.110. The van der Waals surface area contributed by atoms with E-state index in [4.69, 9.17) is 14.6 Å². The number of methoxy groups -OCH3 is 2. The van der Waals surface area contributed by atoms with E-state index in [0.717, 1.165) is 16.8 Å². The predicted molar refractivity (Wildman–Crippen MR) is 144 cm³/mol. The summed E-state index contributed by atoms with van der Waals surface area (Å²) in [6.45, 7) is 4.64. The highest BCUT2D eigenvalue weighted by Gasteiger charge is 2.34. The summed E-state index contributed by atoms with van der Waals surface area (Å²) in [4.78, 5) is 28.5. The number of aryl methyl sites for hydroxylation is 2. The Morgan fingerprint density at radius 3 is 2.35 bits per heavy atom. The summed E-state index contributed by atoms with van der Waals surface area (Å²) in [5.41, 5.74) is 5.73. The average Bonchev–Trinajstić information content (AvgIpc) is 3.38. The summed E-state index contributed by atoms with van der Waals surface area (Å²) < 4.78 is 10.4. The van der Waals surface area contributed by atoms with E-state index in [1.54, 1.807) is 43.5 Å². The van der Waals surface area contributed by atoms with Crippen molar-refractivity contribution in [3.63, 3.8) is 0 Å². The van der Waals surface area contributed by atoms with Gasteiger partial charge in [-0.05, 0) is 66.4 Å². The molecule has 0 spiro atoms. The first-order chi connectivity index (χ1) is 17.9. The highest BCUT2D eigenvalue weighted by Crippen LogP contribution is 2.33. The summed E-state index contributed by atoms with van der Waals surface area (Å²) in [5.74, 6) is 0.166. The second kappa shape index (κ2) is 11.8. The van der Waals surface area contributed by atoms with Crippen LogP contribution in [0, 0.1) is 13.8 Å². The second-order valence-corrected chi connectivity index (χ2v) is 9.16. The predicted octanol–water partition coefficient (Wildman–Crippen LogP) is 4.78. The van der Waals surface area contributed by atoms with Crippen molar-refractivity contribution in [1.29, 1.82) is 0 Å². The molecule has 1 aliphatic rings. The third-order valence-electron chi connectivity index (χ3n) is 6.71. The fourth-order valence-corrected chi connectivity index (χ4v) is 4.38. The topological polar surface area (TPSA) is 71.4 Å². The highest BCUT2D eigenvalue weighted by atomic mass is 16.5. The van der Waals surface area contributed by atoms with Gasteiger partial charge in [0.05, 0.1) is 25.5 Å². The van der Waals surface area contributed by atoms with Crippen LogP contribution in [-0.2, 0) is 9.53 Å². The van der Waals surface area contributed by atoms with Gasteiger partial charge in [-0.2, -0.15) is 5.10 Å². The number of carbonyl (C=O) groups excluding carboxylic acids is 2. The van der Waals surface area contributed by atoms with Gasteiger partial charge in [0.1, 0.15) is 12.3 Å². The second-order valence-electron chi connectivity index (χ2n) is 9.16. The molecule has 0 radical (unpaired) electrons. The van der Waals surface area contributed by atoms with E-state index in [0.29, 0.717) is 24.3 Å². The summed E-state index contributed by atoms with van der Waals surface area (Å²) in [7, 11) is 3.15. The first kappa shape index (κ1) is 26.1. The summed E-state index contributed by atoms with van der Waals surface area (Å²) in [5, 5.41) is 6.33. The fourth-order valence-electron chi connectivity index (χ4n) is 4.38. The van der Waals surface area contributed by atoms with Gasteiger partial charge in [-0.3, -0.25) is 9.59 Å². The van der Waals surface area contributed by atoms with Crippen molar-refractivity contribution in [3.8, 4) is 5.75 Å². The Balaban J connectivity index is 1.62. The number of hydrogen-bond acceptors (Lipinski definition) is 5. The number of ether oxygens (including phenoxy) is 2. The molecule has 3 aromatic carbocycles. The van der Waals surface area contributed by atoms with Crippen molar-refractivity contribution in [3.05, 3.63) is 101 Å². The van der Waals surface area contributed by atoms with Crippen LogP contribution >= 0.6 is 0 Å². The third kappa shape index (κ3) is 6.06. The van der Waals surface area contributed by atoms with Gasteiger partial charge in [-0.1, -0.05) is 42.5 Å². The van der Waals surface area contributed by atoms with Crippen LogP contribution < -0.4 is 4.74 Å². The molecule has 0 unspecified atom stereocenters. The van der Waals surface area contributed by atoms with Crippen molar-refractivity contribution in [2.75, 3.05) is 33.9 Å². The Hall–Kier alpha value is -3.97. The molecular formula is C30H33N3O4. The molecule has 4 rings (SSSR count). The molecule has 1 aliphatic heterocycles. The molecule has 37 heavy (non-hydrogen) atoms. The molecule has 192 valence electrons. The zero-order valence-corrected chi connectivity index (χ0v) is 21.8. The molecule has 0 N–H and O–H groups in total. The van der Waals surface area contributed by atoms with Gasteiger partial charge >= 0.3 is 0 Å². The molecule has 3 aromatic rings. The standard InChI is InChI=1S/C30H33N3O4/c1-21-10-11-25(18-22(21)2)27-19-28(23-8-6-5-7-9-23)33(31-27)29(34)20-32(16-17-36-3)30(35)24-12-14-26(37-4)15-13-24/h5-15,18,28H,16-17,19-20H2,1-4H3/t28-/m1/s1. The Kier molecular flexibility index (Phi) is 8.36. The molecule has 7 nitrogen and oxygen atoms in total. The van der Waals surface area contributed by atoms with E-state index >= 15 is 0 Å². The van der Waals surface area contributed by atoms with E-state index < -0.39 is 0 Å². The van der Waals surface area contributed by atoms with Gasteiger partial charge < -0.3 is 14.4 Å². The Labute approximate surface area is 218 Å². The van der Waals surface area contributed by atoms with Gasteiger partial charge in [-0.25, -0.2) is 5.01 Å². The number of hydrogen-bond donors (Lipinski definition) is 0. The molecule has 0 saturated heterocycles. The molecule has 1 heterocycles. The Morgan fingerprint density at radius 2 is 1.70 bits per heavy atom. The molecule has 7 heteroatoms. The molecule has 0 saturated carbocycles. The minimum Gasteiger partial charge on any atom is -0.497 e. The van der Waals surface area contributed by atoms with E-state index in [9.17, 15) is 9.59 Å². The first-order valence-corrected chi connectivity index (χ1v) is 12.4. The van der Waals surface area contributed by atoms with Gasteiger partial charge in [0.2, 0.25) is 0 Å². The number of rotatable bonds is 9. The smallest absolute Gasteiger partial charge is 0.262 e. The Morgan fingerprint density at radius 1 is 0.973 bits per heavy atom. The summed E-state index contributed by atoms with van der Waals surface area (Å²) in [6.07, 6.45) is 0.600. The quantitative estimate of drug-likeness (QED) is 0.425. The molecule has 0 bridgehead atoms. The summed E-state index contributed by atoms with van der Waals surface area (Å²) in [6, 6.07) is 22.8. The Bertz CT molecular complexity index is 1270. The SMILES string of the molecule is COCCN(CC(=O)N1N=C(c2ccc(C)c(C)c2)C[C@@H]1c1ccccc1)C(=O)c1ccc(OC)cc1.